The van der Waals surface area contributed by atoms with Gasteiger partial charge >= 0.3 is 0 Å². The molecule has 134 valence electrons. The summed E-state index contributed by atoms with van der Waals surface area (Å²) in [5, 5.41) is 0. The van der Waals surface area contributed by atoms with E-state index in [0.29, 0.717) is 28.7 Å². The van der Waals surface area contributed by atoms with Crippen LogP contribution in [0.4, 0.5) is 10.3 Å². The lowest BCUT2D eigenvalue weighted by atomic mass is 10.0. The Hall–Kier alpha value is -3.61. The van der Waals surface area contributed by atoms with Gasteiger partial charge in [-0.05, 0) is 24.3 Å². The van der Waals surface area contributed by atoms with Gasteiger partial charge in [-0.1, -0.05) is 30.3 Å². The van der Waals surface area contributed by atoms with Crippen LogP contribution in [0.2, 0.25) is 0 Å². The third-order valence-electron chi connectivity index (χ3n) is 4.15. The van der Waals surface area contributed by atoms with E-state index in [-0.39, 0.29) is 5.78 Å². The van der Waals surface area contributed by atoms with Gasteiger partial charge in [-0.3, -0.25) is 9.20 Å². The number of hydrogen-bond acceptors (Lipinski definition) is 5. The van der Waals surface area contributed by atoms with Gasteiger partial charge in [0.15, 0.2) is 0 Å². The SMILES string of the molecule is CN(C)c1ncn2c(C(=O)c3ccc(F)cc3)c(-c3ccccc3)nc2n1. The van der Waals surface area contributed by atoms with Gasteiger partial charge in [-0.25, -0.2) is 14.4 Å². The molecule has 0 radical (unpaired) electrons. The van der Waals surface area contributed by atoms with Crippen molar-refractivity contribution >= 4 is 17.5 Å². The second-order valence-corrected chi connectivity index (χ2v) is 6.23. The summed E-state index contributed by atoms with van der Waals surface area (Å²) >= 11 is 0. The number of benzene rings is 2. The van der Waals surface area contributed by atoms with Crippen LogP contribution < -0.4 is 4.90 Å². The molecule has 7 heteroatoms. The van der Waals surface area contributed by atoms with Crippen molar-refractivity contribution in [3.8, 4) is 11.3 Å². The predicted octanol–water partition coefficient (Wildman–Crippen LogP) is 3.23. The molecule has 27 heavy (non-hydrogen) atoms. The highest BCUT2D eigenvalue weighted by Gasteiger charge is 2.23. The summed E-state index contributed by atoms with van der Waals surface area (Å²) in [4.78, 5) is 28.3. The number of carbonyl (C=O) groups excluding carboxylic acids is 1. The molecule has 0 unspecified atom stereocenters. The minimum Gasteiger partial charge on any atom is -0.347 e. The van der Waals surface area contributed by atoms with Crippen molar-refractivity contribution in [3.63, 3.8) is 0 Å². The van der Waals surface area contributed by atoms with Crippen LogP contribution in [0.1, 0.15) is 16.1 Å². The van der Waals surface area contributed by atoms with Gasteiger partial charge in [0.25, 0.3) is 0 Å². The Kier molecular flexibility index (Phi) is 4.12. The molecular weight excluding hydrogens is 345 g/mol. The zero-order valence-electron chi connectivity index (χ0n) is 14.8. The van der Waals surface area contributed by atoms with Crippen molar-refractivity contribution in [2.75, 3.05) is 19.0 Å². The molecule has 0 atom stereocenters. The normalized spacial score (nSPS) is 10.9. The molecule has 0 saturated heterocycles. The number of rotatable bonds is 4. The maximum absolute atomic E-state index is 13.3. The molecule has 0 aliphatic carbocycles. The molecular formula is C20H16FN5O. The lowest BCUT2D eigenvalue weighted by Gasteiger charge is -2.09. The van der Waals surface area contributed by atoms with E-state index in [1.807, 2.05) is 44.4 Å². The minimum atomic E-state index is -0.396. The van der Waals surface area contributed by atoms with E-state index >= 15 is 0 Å². The minimum absolute atomic E-state index is 0.275. The Morgan fingerprint density at radius 1 is 1.00 bits per heavy atom. The molecule has 2 aromatic carbocycles. The maximum atomic E-state index is 13.3. The topological polar surface area (TPSA) is 63.4 Å². The Morgan fingerprint density at radius 2 is 1.70 bits per heavy atom. The quantitative estimate of drug-likeness (QED) is 0.522. The predicted molar refractivity (Wildman–Crippen MR) is 100 cm³/mol. The van der Waals surface area contributed by atoms with E-state index in [2.05, 4.69) is 15.0 Å². The second-order valence-electron chi connectivity index (χ2n) is 6.23. The first kappa shape index (κ1) is 16.8. The van der Waals surface area contributed by atoms with Crippen LogP contribution in [0.25, 0.3) is 17.0 Å². The zero-order valence-corrected chi connectivity index (χ0v) is 14.8. The Labute approximate surface area is 155 Å². The van der Waals surface area contributed by atoms with Crippen LogP contribution in [0.3, 0.4) is 0 Å². The molecule has 0 amide bonds. The third-order valence-corrected chi connectivity index (χ3v) is 4.15. The molecule has 4 rings (SSSR count). The van der Waals surface area contributed by atoms with Crippen molar-refractivity contribution in [2.24, 2.45) is 0 Å². The number of nitrogens with zero attached hydrogens (tertiary/aromatic N) is 5. The lowest BCUT2D eigenvalue weighted by Crippen LogP contribution is -2.14. The van der Waals surface area contributed by atoms with Crippen LogP contribution in [0.15, 0.2) is 60.9 Å². The second kappa shape index (κ2) is 6.60. The number of fused-ring (bicyclic) bond motifs is 1. The van der Waals surface area contributed by atoms with E-state index < -0.39 is 5.82 Å². The number of imidazole rings is 1. The molecule has 0 N–H and O–H groups in total. The highest BCUT2D eigenvalue weighted by molar-refractivity contribution is 6.11. The molecule has 0 aliphatic rings. The molecule has 2 aromatic heterocycles. The monoisotopic (exact) mass is 361 g/mol. The molecule has 4 aromatic rings. The number of hydrogen-bond donors (Lipinski definition) is 0. The first-order valence-corrected chi connectivity index (χ1v) is 8.32. The van der Waals surface area contributed by atoms with E-state index in [1.54, 1.807) is 9.30 Å². The van der Waals surface area contributed by atoms with Gasteiger partial charge in [0.1, 0.15) is 23.5 Å². The molecule has 0 fully saturated rings. The van der Waals surface area contributed by atoms with Gasteiger partial charge in [0.2, 0.25) is 17.5 Å². The molecule has 0 spiro atoms. The van der Waals surface area contributed by atoms with Gasteiger partial charge in [0.05, 0.1) is 0 Å². The number of ketones is 1. The fourth-order valence-electron chi connectivity index (χ4n) is 2.80. The average molecular weight is 361 g/mol. The van der Waals surface area contributed by atoms with E-state index in [1.165, 1.54) is 30.6 Å². The maximum Gasteiger partial charge on any atom is 0.239 e. The molecule has 2 heterocycles. The number of halogens is 1. The van der Waals surface area contributed by atoms with Crippen LogP contribution in [0.5, 0.6) is 0 Å². The summed E-state index contributed by atoms with van der Waals surface area (Å²) in [7, 11) is 3.66. The highest BCUT2D eigenvalue weighted by atomic mass is 19.1. The van der Waals surface area contributed by atoms with Crippen LogP contribution in [-0.2, 0) is 0 Å². The Balaban J connectivity index is 1.96. The van der Waals surface area contributed by atoms with E-state index in [0.717, 1.165) is 5.56 Å². The first-order chi connectivity index (χ1) is 13.0. The van der Waals surface area contributed by atoms with Crippen LogP contribution >= 0.6 is 0 Å². The number of anilines is 1. The zero-order chi connectivity index (χ0) is 19.0. The molecule has 0 aliphatic heterocycles. The molecule has 0 bridgehead atoms. The summed E-state index contributed by atoms with van der Waals surface area (Å²) < 4.78 is 14.8. The largest absolute Gasteiger partial charge is 0.347 e. The smallest absolute Gasteiger partial charge is 0.239 e. The summed E-state index contributed by atoms with van der Waals surface area (Å²) in [5.74, 6) is 0.195. The summed E-state index contributed by atoms with van der Waals surface area (Å²) in [6.45, 7) is 0. The summed E-state index contributed by atoms with van der Waals surface area (Å²) in [5.41, 5.74) is 2.01. The van der Waals surface area contributed by atoms with Crippen LogP contribution in [0, 0.1) is 5.82 Å². The van der Waals surface area contributed by atoms with Crippen LogP contribution in [-0.4, -0.2) is 39.2 Å². The fraction of sp³-hybridized carbons (Fsp3) is 0.100. The van der Waals surface area contributed by atoms with E-state index in [4.69, 9.17) is 0 Å². The van der Waals surface area contributed by atoms with Crippen molar-refractivity contribution < 1.29 is 9.18 Å². The highest BCUT2D eigenvalue weighted by Crippen LogP contribution is 2.26. The number of aromatic nitrogens is 4. The standard InChI is InChI=1S/C20H16FN5O/c1-25(2)19-22-12-26-17(18(27)14-8-10-15(21)11-9-14)16(23-20(26)24-19)13-6-4-3-5-7-13/h3-12H,1-2H3. The lowest BCUT2D eigenvalue weighted by molar-refractivity contribution is 0.103. The van der Waals surface area contributed by atoms with Crippen molar-refractivity contribution in [1.29, 1.82) is 0 Å². The average Bonchev–Trinajstić information content (AvgIpc) is 3.07. The van der Waals surface area contributed by atoms with Gasteiger partial charge in [0, 0.05) is 25.2 Å². The van der Waals surface area contributed by atoms with Crippen molar-refractivity contribution in [1.82, 2.24) is 19.4 Å². The summed E-state index contributed by atoms with van der Waals surface area (Å²) in [6, 6.07) is 14.9. The third kappa shape index (κ3) is 3.03. The number of carbonyl (C=O) groups is 1. The van der Waals surface area contributed by atoms with Gasteiger partial charge in [-0.2, -0.15) is 4.98 Å². The van der Waals surface area contributed by atoms with Crippen molar-refractivity contribution in [3.05, 3.63) is 78.0 Å². The Bertz CT molecular complexity index is 1120. The van der Waals surface area contributed by atoms with Gasteiger partial charge in [-0.15, -0.1) is 0 Å². The fourth-order valence-corrected chi connectivity index (χ4v) is 2.80. The van der Waals surface area contributed by atoms with Gasteiger partial charge < -0.3 is 4.90 Å². The molecule has 6 nitrogen and oxygen atoms in total. The Morgan fingerprint density at radius 3 is 2.37 bits per heavy atom. The van der Waals surface area contributed by atoms with E-state index in [9.17, 15) is 9.18 Å². The van der Waals surface area contributed by atoms with Crippen molar-refractivity contribution in [2.45, 2.75) is 0 Å². The molecule has 0 saturated carbocycles. The summed E-state index contributed by atoms with van der Waals surface area (Å²) in [6.07, 6.45) is 1.54. The first-order valence-electron chi connectivity index (χ1n) is 8.32.